The van der Waals surface area contributed by atoms with Gasteiger partial charge in [-0.05, 0) is 11.0 Å². The summed E-state index contributed by atoms with van der Waals surface area (Å²) in [4.78, 5) is 0. The van der Waals surface area contributed by atoms with Crippen molar-refractivity contribution in [1.29, 1.82) is 0 Å². The normalized spacial score (nSPS) is 13.6. The number of nitrogens with one attached hydrogen (secondary N) is 1. The Morgan fingerprint density at radius 1 is 1.17 bits per heavy atom. The molecule has 0 amide bonds. The van der Waals surface area contributed by atoms with E-state index in [1.54, 1.807) is 0 Å². The largest absolute Gasteiger partial charge is 0.394 e. The quantitative estimate of drug-likeness (QED) is 0.731. The minimum atomic E-state index is 0.0847. The summed E-state index contributed by atoms with van der Waals surface area (Å²) in [7, 11) is 0. The van der Waals surface area contributed by atoms with Gasteiger partial charge in [-0.2, -0.15) is 0 Å². The molecule has 1 aromatic rings. The van der Waals surface area contributed by atoms with E-state index in [0.29, 0.717) is 19.3 Å². The van der Waals surface area contributed by atoms with E-state index in [1.807, 2.05) is 6.07 Å². The third-order valence-electron chi connectivity index (χ3n) is 2.83. The molecule has 1 atom stereocenters. The summed E-state index contributed by atoms with van der Waals surface area (Å²) in [5.74, 6) is 0. The Morgan fingerprint density at radius 2 is 1.83 bits per heavy atom. The zero-order valence-corrected chi connectivity index (χ0v) is 11.6. The number of rotatable bonds is 7. The molecule has 102 valence electrons. The van der Waals surface area contributed by atoms with Crippen molar-refractivity contribution in [3.05, 3.63) is 35.9 Å². The van der Waals surface area contributed by atoms with Gasteiger partial charge in [0.2, 0.25) is 0 Å². The summed E-state index contributed by atoms with van der Waals surface area (Å²) < 4.78 is 5.27. The van der Waals surface area contributed by atoms with Gasteiger partial charge >= 0.3 is 0 Å². The van der Waals surface area contributed by atoms with Gasteiger partial charge in [-0.15, -0.1) is 0 Å². The maximum Gasteiger partial charge on any atom is 0.0698 e. The van der Waals surface area contributed by atoms with Crippen LogP contribution in [0, 0.1) is 5.41 Å². The van der Waals surface area contributed by atoms with Crippen LogP contribution in [0.2, 0.25) is 0 Å². The smallest absolute Gasteiger partial charge is 0.0698 e. The van der Waals surface area contributed by atoms with Gasteiger partial charge in [0.1, 0.15) is 0 Å². The Hall–Kier alpha value is -0.900. The van der Waals surface area contributed by atoms with Gasteiger partial charge in [-0.25, -0.2) is 0 Å². The molecule has 0 bridgehead atoms. The molecule has 2 N–H and O–H groups in total. The topological polar surface area (TPSA) is 41.5 Å². The molecule has 3 heteroatoms. The molecule has 1 aromatic carbocycles. The molecule has 0 radical (unpaired) electrons. The molecule has 0 aliphatic carbocycles. The average Bonchev–Trinajstić information content (AvgIpc) is 2.33. The van der Waals surface area contributed by atoms with Crippen molar-refractivity contribution in [1.82, 2.24) is 5.32 Å². The van der Waals surface area contributed by atoms with E-state index < -0.39 is 0 Å². The van der Waals surface area contributed by atoms with Gasteiger partial charge in [-0.3, -0.25) is 0 Å². The zero-order valence-electron chi connectivity index (χ0n) is 11.6. The first-order valence-corrected chi connectivity index (χ1v) is 6.52. The number of ether oxygens (including phenoxy) is 1. The molecule has 0 fully saturated rings. The molecule has 18 heavy (non-hydrogen) atoms. The van der Waals surface area contributed by atoms with Gasteiger partial charge in [-0.1, -0.05) is 51.1 Å². The monoisotopic (exact) mass is 251 g/mol. The molecule has 0 aliphatic rings. The summed E-state index contributed by atoms with van der Waals surface area (Å²) in [6.07, 6.45) is 0. The van der Waals surface area contributed by atoms with Crippen molar-refractivity contribution < 1.29 is 9.84 Å². The van der Waals surface area contributed by atoms with E-state index in [-0.39, 0.29) is 12.0 Å². The van der Waals surface area contributed by atoms with Crippen molar-refractivity contribution >= 4 is 0 Å². The third-order valence-corrected chi connectivity index (χ3v) is 2.83. The van der Waals surface area contributed by atoms with Crippen LogP contribution in [0.25, 0.3) is 0 Å². The van der Waals surface area contributed by atoms with E-state index in [0.717, 1.165) is 6.54 Å². The standard InChI is InChI=1S/C15H25NO2/c1-15(2,3)14(13-7-5-4-6-8-13)16-9-11-18-12-10-17/h4-8,14,16-17H,9-12H2,1-3H3. The lowest BCUT2D eigenvalue weighted by Gasteiger charge is -2.32. The number of aliphatic hydroxyl groups is 1. The van der Waals surface area contributed by atoms with E-state index in [1.165, 1.54) is 5.56 Å². The van der Waals surface area contributed by atoms with Crippen LogP contribution in [-0.4, -0.2) is 31.5 Å². The summed E-state index contributed by atoms with van der Waals surface area (Å²) in [5, 5.41) is 12.2. The van der Waals surface area contributed by atoms with Crippen molar-refractivity contribution in [2.45, 2.75) is 26.8 Å². The second kappa shape index (κ2) is 7.52. The Balaban J connectivity index is 2.53. The first kappa shape index (κ1) is 15.2. The van der Waals surface area contributed by atoms with E-state index in [9.17, 15) is 0 Å². The van der Waals surface area contributed by atoms with E-state index >= 15 is 0 Å². The van der Waals surface area contributed by atoms with Crippen LogP contribution in [0.3, 0.4) is 0 Å². The average molecular weight is 251 g/mol. The Morgan fingerprint density at radius 3 is 2.39 bits per heavy atom. The van der Waals surface area contributed by atoms with Crippen LogP contribution in [0.4, 0.5) is 0 Å². The lowest BCUT2D eigenvalue weighted by atomic mass is 9.82. The Bertz CT molecular complexity index is 319. The van der Waals surface area contributed by atoms with Crippen molar-refractivity contribution in [2.75, 3.05) is 26.4 Å². The highest BCUT2D eigenvalue weighted by Gasteiger charge is 2.25. The lowest BCUT2D eigenvalue weighted by molar-refractivity contribution is 0.0896. The fourth-order valence-corrected chi connectivity index (χ4v) is 2.01. The molecular weight excluding hydrogens is 226 g/mol. The highest BCUT2D eigenvalue weighted by Crippen LogP contribution is 2.32. The Kier molecular flexibility index (Phi) is 6.33. The highest BCUT2D eigenvalue weighted by atomic mass is 16.5. The molecular formula is C15H25NO2. The molecule has 0 aromatic heterocycles. The van der Waals surface area contributed by atoms with Crippen LogP contribution in [0.5, 0.6) is 0 Å². The molecule has 0 spiro atoms. The van der Waals surface area contributed by atoms with Crippen LogP contribution in [-0.2, 0) is 4.74 Å². The third kappa shape index (κ3) is 5.17. The minimum absolute atomic E-state index is 0.0847. The zero-order chi connectivity index (χ0) is 13.4. The van der Waals surface area contributed by atoms with Crippen LogP contribution in [0.15, 0.2) is 30.3 Å². The summed E-state index contributed by atoms with van der Waals surface area (Å²) in [6.45, 7) is 8.59. The van der Waals surface area contributed by atoms with Crippen molar-refractivity contribution in [3.63, 3.8) is 0 Å². The SMILES string of the molecule is CC(C)(C)C(NCCOCCO)c1ccccc1. The number of hydrogen-bond donors (Lipinski definition) is 2. The molecule has 1 rings (SSSR count). The minimum Gasteiger partial charge on any atom is -0.394 e. The number of benzene rings is 1. The molecule has 1 unspecified atom stereocenters. The lowest BCUT2D eigenvalue weighted by Crippen LogP contribution is -2.34. The fraction of sp³-hybridized carbons (Fsp3) is 0.600. The van der Waals surface area contributed by atoms with Gasteiger partial charge < -0.3 is 15.2 Å². The molecule has 3 nitrogen and oxygen atoms in total. The van der Waals surface area contributed by atoms with Crippen LogP contribution >= 0.6 is 0 Å². The first-order chi connectivity index (χ1) is 8.55. The van der Waals surface area contributed by atoms with E-state index in [4.69, 9.17) is 9.84 Å². The molecule has 0 heterocycles. The van der Waals surface area contributed by atoms with Gasteiger partial charge in [0, 0.05) is 12.6 Å². The van der Waals surface area contributed by atoms with Gasteiger partial charge in [0.05, 0.1) is 19.8 Å². The van der Waals surface area contributed by atoms with Crippen molar-refractivity contribution in [2.24, 2.45) is 5.41 Å². The second-order valence-corrected chi connectivity index (χ2v) is 5.50. The van der Waals surface area contributed by atoms with Gasteiger partial charge in [0.15, 0.2) is 0 Å². The summed E-state index contributed by atoms with van der Waals surface area (Å²) >= 11 is 0. The predicted octanol–water partition coefficient (Wildman–Crippen LogP) is 2.37. The first-order valence-electron chi connectivity index (χ1n) is 6.52. The van der Waals surface area contributed by atoms with E-state index in [2.05, 4.69) is 50.4 Å². The Labute approximate surface area is 110 Å². The maximum atomic E-state index is 8.64. The number of hydrogen-bond acceptors (Lipinski definition) is 3. The van der Waals surface area contributed by atoms with Crippen LogP contribution in [0.1, 0.15) is 32.4 Å². The summed E-state index contributed by atoms with van der Waals surface area (Å²) in [6, 6.07) is 10.8. The highest BCUT2D eigenvalue weighted by molar-refractivity contribution is 5.20. The molecule has 0 aliphatic heterocycles. The van der Waals surface area contributed by atoms with Gasteiger partial charge in [0.25, 0.3) is 0 Å². The maximum absolute atomic E-state index is 8.64. The molecule has 0 saturated carbocycles. The van der Waals surface area contributed by atoms with Crippen molar-refractivity contribution in [3.8, 4) is 0 Å². The fourth-order valence-electron chi connectivity index (χ4n) is 2.01. The second-order valence-electron chi connectivity index (χ2n) is 5.50. The predicted molar refractivity (Wildman–Crippen MR) is 74.5 cm³/mol. The number of aliphatic hydroxyl groups excluding tert-OH is 1. The van der Waals surface area contributed by atoms with Crippen LogP contribution < -0.4 is 5.32 Å². The summed E-state index contributed by atoms with van der Waals surface area (Å²) in [5.41, 5.74) is 1.45. The molecule has 0 saturated heterocycles.